The van der Waals surface area contributed by atoms with E-state index in [4.69, 9.17) is 50.5 Å². The number of nitriles is 2. The summed E-state index contributed by atoms with van der Waals surface area (Å²) < 4.78 is 22.8. The van der Waals surface area contributed by atoms with Gasteiger partial charge in [-0.15, -0.1) is 0 Å². The van der Waals surface area contributed by atoms with Gasteiger partial charge in [-0.05, 0) is 142 Å². The first-order chi connectivity index (χ1) is 54.4. The second kappa shape index (κ2) is 50.6. The minimum absolute atomic E-state index is 0.00201. The number of unbranched alkanes of at least 4 members (excludes halogenated alkanes) is 5. The zero-order valence-corrected chi connectivity index (χ0v) is 66.3. The number of azo groups is 2. The second-order valence-electron chi connectivity index (χ2n) is 26.8. The fraction of sp³-hybridized carbons (Fsp3) is 0.455. The van der Waals surface area contributed by atoms with Crippen molar-refractivity contribution in [3.05, 3.63) is 211 Å². The van der Waals surface area contributed by atoms with Crippen LogP contribution < -0.4 is 15.1 Å². The SMILES string of the molecule is [C-]#[N+]C1=C(/C=C/c2ccc(N=Nc3ccc(N(CCOC(=O)C(CC)CCCC)CCOC(=O)C(CC)CCCC)cc3)cc2)C(=O)N(CCCC)/C1=C(\C#N)[N+]#[C-].[C-]#[N+]C1=C(/C=C/c2ccc(N=Nc3ccc(N(CCOC(=O)C(CC)CCCC)CCOC(=O)C(CC)CCCC)cc3)cc2)C(=O)N/C1=C(\C#N)[N+]#[C-]. The molecule has 2 aliphatic rings. The van der Waals surface area contributed by atoms with Crippen LogP contribution in [0.2, 0.25) is 0 Å². The van der Waals surface area contributed by atoms with Crippen LogP contribution in [-0.2, 0) is 47.7 Å². The van der Waals surface area contributed by atoms with E-state index in [0.717, 1.165) is 132 Å². The summed E-state index contributed by atoms with van der Waals surface area (Å²) in [6.07, 6.45) is 22.2. The summed E-state index contributed by atoms with van der Waals surface area (Å²) in [5.41, 5.74) is 5.19. The predicted octanol–water partition coefficient (Wildman–Crippen LogP) is 20.3. The molecule has 0 saturated heterocycles. The molecule has 0 radical (unpaired) electrons. The van der Waals surface area contributed by atoms with Crippen LogP contribution in [0.4, 0.5) is 34.1 Å². The Labute approximate surface area is 661 Å². The average molecular weight is 1520 g/mol. The van der Waals surface area contributed by atoms with Gasteiger partial charge >= 0.3 is 23.9 Å². The van der Waals surface area contributed by atoms with Gasteiger partial charge in [-0.3, -0.25) is 28.8 Å². The van der Waals surface area contributed by atoms with Crippen molar-refractivity contribution in [1.29, 1.82) is 10.5 Å². The zero-order chi connectivity index (χ0) is 81.6. The van der Waals surface area contributed by atoms with E-state index in [2.05, 4.69) is 72.8 Å². The summed E-state index contributed by atoms with van der Waals surface area (Å²) >= 11 is 0. The summed E-state index contributed by atoms with van der Waals surface area (Å²) in [5.74, 6) is -2.08. The number of benzene rings is 4. The van der Waals surface area contributed by atoms with Crippen LogP contribution in [0.1, 0.15) is 189 Å². The molecule has 0 aliphatic carbocycles. The van der Waals surface area contributed by atoms with Crippen molar-refractivity contribution in [2.75, 3.05) is 69.0 Å². The molecule has 0 bridgehead atoms. The molecule has 0 spiro atoms. The van der Waals surface area contributed by atoms with E-state index in [1.807, 2.05) is 111 Å². The lowest BCUT2D eigenvalue weighted by molar-refractivity contribution is -0.150. The monoisotopic (exact) mass is 1520 g/mol. The Bertz CT molecular complexity index is 4220. The number of allylic oxidation sites excluding steroid dienone is 2. The van der Waals surface area contributed by atoms with Crippen molar-refractivity contribution in [2.24, 2.45) is 44.1 Å². The largest absolute Gasteiger partial charge is 0.464 e. The molecule has 6 rings (SSSR count). The van der Waals surface area contributed by atoms with Gasteiger partial charge in [0.25, 0.3) is 11.4 Å². The number of hydrogen-bond acceptors (Lipinski definition) is 18. The first-order valence-corrected chi connectivity index (χ1v) is 39.1. The first-order valence-electron chi connectivity index (χ1n) is 39.1. The van der Waals surface area contributed by atoms with Crippen molar-refractivity contribution in [3.8, 4) is 12.1 Å². The number of nitrogens with zero attached hydrogens (tertiary/aromatic N) is 13. The number of rotatable bonds is 45. The van der Waals surface area contributed by atoms with Gasteiger partial charge in [0.1, 0.15) is 26.4 Å². The molecule has 1 N–H and O–H groups in total. The van der Waals surface area contributed by atoms with E-state index < -0.39 is 11.8 Å². The average Bonchev–Trinajstić information content (AvgIpc) is 1.63. The Kier molecular flexibility index (Phi) is 40.9. The van der Waals surface area contributed by atoms with E-state index in [9.17, 15) is 34.0 Å². The number of amides is 2. The van der Waals surface area contributed by atoms with Crippen LogP contribution in [0.15, 0.2) is 175 Å². The predicted molar refractivity (Wildman–Crippen MR) is 434 cm³/mol. The van der Waals surface area contributed by atoms with Crippen molar-refractivity contribution in [1.82, 2.24) is 10.2 Å². The molecule has 0 fully saturated rings. The van der Waals surface area contributed by atoms with E-state index in [-0.39, 0.29) is 119 Å². The highest BCUT2D eigenvalue weighted by atomic mass is 16.5. The minimum atomic E-state index is -0.555. The highest BCUT2D eigenvalue weighted by molar-refractivity contribution is 6.05. The number of esters is 4. The number of ether oxygens (including phenoxy) is 4. The third-order valence-electron chi connectivity index (χ3n) is 19.1. The molecule has 24 nitrogen and oxygen atoms in total. The van der Waals surface area contributed by atoms with E-state index in [1.54, 1.807) is 60.7 Å². The third-order valence-corrected chi connectivity index (χ3v) is 19.1. The molecule has 2 aliphatic heterocycles. The van der Waals surface area contributed by atoms with Crippen LogP contribution in [0.3, 0.4) is 0 Å². The number of hydrogen-bond donors (Lipinski definition) is 1. The fourth-order valence-corrected chi connectivity index (χ4v) is 12.2. The summed E-state index contributed by atoms with van der Waals surface area (Å²) in [7, 11) is 0. The Morgan fingerprint density at radius 2 is 0.777 bits per heavy atom. The summed E-state index contributed by atoms with van der Waals surface area (Å²) in [6, 6.07) is 32.8. The van der Waals surface area contributed by atoms with E-state index >= 15 is 0 Å². The van der Waals surface area contributed by atoms with Crippen LogP contribution in [0.5, 0.6) is 0 Å². The third kappa shape index (κ3) is 28.4. The summed E-state index contributed by atoms with van der Waals surface area (Å²) in [4.78, 5) is 95.5. The fourth-order valence-electron chi connectivity index (χ4n) is 12.2. The molecule has 2 heterocycles. The maximum Gasteiger partial charge on any atom is 0.308 e. The van der Waals surface area contributed by atoms with E-state index in [1.165, 1.54) is 11.0 Å². The number of carbonyl (C=O) groups is 6. The van der Waals surface area contributed by atoms with Gasteiger partial charge in [0.15, 0.2) is 0 Å². The van der Waals surface area contributed by atoms with Gasteiger partial charge in [0.05, 0.1) is 122 Å². The topological polar surface area (TPSA) is 276 Å². The summed E-state index contributed by atoms with van der Waals surface area (Å²) in [6.45, 7) is 51.0. The smallest absolute Gasteiger partial charge is 0.308 e. The van der Waals surface area contributed by atoms with Crippen LogP contribution >= 0.6 is 0 Å². The molecule has 0 saturated carbocycles. The van der Waals surface area contributed by atoms with Crippen LogP contribution in [0.25, 0.3) is 31.5 Å². The molecule has 4 aromatic carbocycles. The Morgan fingerprint density at radius 1 is 0.455 bits per heavy atom. The molecule has 2 amide bonds. The number of anilines is 2. The Balaban J connectivity index is 0.000000401. The summed E-state index contributed by atoms with van der Waals surface area (Å²) in [5, 5.41) is 38.6. The Hall–Kier alpha value is -12.1. The lowest BCUT2D eigenvalue weighted by Crippen LogP contribution is -2.33. The number of nitrogens with one attached hydrogen (secondary N) is 1. The van der Waals surface area contributed by atoms with Gasteiger partial charge in [0.2, 0.25) is 23.2 Å². The van der Waals surface area contributed by atoms with Gasteiger partial charge in [-0.2, -0.15) is 20.5 Å². The van der Waals surface area contributed by atoms with Crippen LogP contribution in [0, 0.1) is 72.6 Å². The zero-order valence-electron chi connectivity index (χ0n) is 66.3. The second-order valence-corrected chi connectivity index (χ2v) is 26.8. The molecular formula is C88H106N14O10. The highest BCUT2D eigenvalue weighted by Gasteiger charge is 2.36. The molecule has 4 atom stereocenters. The molecule has 0 aromatic heterocycles. The highest BCUT2D eigenvalue weighted by Crippen LogP contribution is 2.36. The van der Waals surface area contributed by atoms with Gasteiger partial charge in [-0.25, -0.2) is 29.9 Å². The quantitative estimate of drug-likeness (QED) is 0.0142. The maximum absolute atomic E-state index is 13.3. The first kappa shape index (κ1) is 90.5. The molecular weight excluding hydrogens is 1410 g/mol. The van der Waals surface area contributed by atoms with Crippen molar-refractivity contribution in [3.63, 3.8) is 0 Å². The molecule has 4 aromatic rings. The normalized spacial score (nSPS) is 14.6. The van der Waals surface area contributed by atoms with Gasteiger partial charge in [-0.1, -0.05) is 169 Å². The Morgan fingerprint density at radius 3 is 1.07 bits per heavy atom. The van der Waals surface area contributed by atoms with Crippen molar-refractivity contribution in [2.45, 2.75) is 178 Å². The minimum Gasteiger partial charge on any atom is -0.464 e. The molecule has 588 valence electrons. The number of carbonyl (C=O) groups excluding carboxylic acids is 6. The van der Waals surface area contributed by atoms with Gasteiger partial charge < -0.3 is 39.0 Å². The standard InChI is InChI=1S/C46H57N7O5.C42H49N7O5/c1-8-13-16-35(11-4)45(55)57-31-29-52(30-32-58-46(56)36(12-5)17-14-9-2)39-25-23-38(24-26-39)51-50-37-21-18-34(19-22-37)20-27-40-42(49-7)43(41(33-47)48-6)53(44(40)54)28-15-10-3;1-7-11-13-31(9-3)41(51)53-27-25-49(26-28-54-42(52)32(10-4)14-12-8-2)35-22-20-34(21-23-35)48-47-33-18-15-30(16-19-33)17-24-36-38(45-6)39(46-40(36)50)37(29-43)44-5/h18-27,35-36H,8-17,28-32H2,1-5H3;15-24,31-32H,7-14,25-28H2,1-4H3,(H,46,50)/b27-20+,43-41+,51-50?;24-17+,39-37+,48-47?. The van der Waals surface area contributed by atoms with Crippen molar-refractivity contribution < 1.29 is 47.7 Å². The lowest BCUT2D eigenvalue weighted by Gasteiger charge is -2.25. The maximum atomic E-state index is 13.3. The van der Waals surface area contributed by atoms with E-state index in [0.29, 0.717) is 61.9 Å². The van der Waals surface area contributed by atoms with Crippen molar-refractivity contribution >= 4 is 82.0 Å². The van der Waals surface area contributed by atoms with Crippen LogP contribution in [-0.4, -0.2) is 99.7 Å². The molecule has 4 unspecified atom stereocenters. The molecule has 112 heavy (non-hydrogen) atoms. The lowest BCUT2D eigenvalue weighted by atomic mass is 10.00. The van der Waals surface area contributed by atoms with Gasteiger partial charge in [0, 0.05) is 29.1 Å². The molecule has 24 heteroatoms.